The molecule has 1 atom stereocenters. The molecule has 3 rings (SSSR count). The van der Waals surface area contributed by atoms with Crippen molar-refractivity contribution in [2.45, 2.75) is 26.5 Å². The first-order valence-electron chi connectivity index (χ1n) is 9.54. The van der Waals surface area contributed by atoms with Crippen LogP contribution in [0.25, 0.3) is 0 Å². The number of carbonyl (C=O) groups is 2. The zero-order valence-electron chi connectivity index (χ0n) is 17.2. The van der Waals surface area contributed by atoms with Gasteiger partial charge in [-0.2, -0.15) is 0 Å². The molecule has 1 heterocycles. The molecular formula is C22H25N3O5. The summed E-state index contributed by atoms with van der Waals surface area (Å²) in [6.45, 7) is 3.90. The third kappa shape index (κ3) is 4.38. The summed E-state index contributed by atoms with van der Waals surface area (Å²) in [4.78, 5) is 24.8. The van der Waals surface area contributed by atoms with Crippen molar-refractivity contribution in [2.24, 2.45) is 5.84 Å². The molecule has 30 heavy (non-hydrogen) atoms. The van der Waals surface area contributed by atoms with E-state index in [1.165, 1.54) is 7.11 Å². The predicted molar refractivity (Wildman–Crippen MR) is 110 cm³/mol. The number of urea groups is 1. The lowest BCUT2D eigenvalue weighted by atomic mass is 9.95. The summed E-state index contributed by atoms with van der Waals surface area (Å²) in [5, 5.41) is 3.64. The van der Waals surface area contributed by atoms with Crippen molar-refractivity contribution in [3.8, 4) is 11.5 Å². The Hall–Kier alpha value is -3.52. The smallest absolute Gasteiger partial charge is 0.338 e. The van der Waals surface area contributed by atoms with Crippen molar-refractivity contribution in [1.29, 1.82) is 0 Å². The van der Waals surface area contributed by atoms with E-state index in [0.29, 0.717) is 29.4 Å². The molecule has 8 heteroatoms. The van der Waals surface area contributed by atoms with E-state index in [-0.39, 0.29) is 12.2 Å². The van der Waals surface area contributed by atoms with Crippen molar-refractivity contribution in [2.75, 3.05) is 13.7 Å². The van der Waals surface area contributed by atoms with Gasteiger partial charge in [0.25, 0.3) is 0 Å². The van der Waals surface area contributed by atoms with Crippen LogP contribution in [0.2, 0.25) is 0 Å². The molecule has 0 fully saturated rings. The molecular weight excluding hydrogens is 386 g/mol. The Kier molecular flexibility index (Phi) is 6.58. The molecule has 0 saturated heterocycles. The number of rotatable bonds is 7. The molecule has 8 nitrogen and oxygen atoms in total. The topological polar surface area (TPSA) is 103 Å². The second kappa shape index (κ2) is 9.32. The molecule has 1 aliphatic heterocycles. The summed E-state index contributed by atoms with van der Waals surface area (Å²) in [6.07, 6.45) is 0. The Balaban J connectivity index is 1.91. The summed E-state index contributed by atoms with van der Waals surface area (Å²) < 4.78 is 16.5. The zero-order chi connectivity index (χ0) is 21.7. The van der Waals surface area contributed by atoms with E-state index in [0.717, 1.165) is 10.6 Å². The number of esters is 1. The summed E-state index contributed by atoms with van der Waals surface area (Å²) in [5.41, 5.74) is 2.25. The van der Waals surface area contributed by atoms with E-state index in [1.807, 2.05) is 30.3 Å². The van der Waals surface area contributed by atoms with Gasteiger partial charge in [0.1, 0.15) is 6.61 Å². The first-order valence-corrected chi connectivity index (χ1v) is 9.54. The standard InChI is InChI=1S/C22H25N3O5/c1-4-29-21(26)19-14(2)25(23)22(27)24-20(19)16-10-11-17(18(12-16)28-3)30-13-15-8-6-5-7-9-15/h5-12,20H,4,13,23H2,1-3H3,(H,24,27)/t20-/m0/s1. The second-order valence-corrected chi connectivity index (χ2v) is 6.66. The fourth-order valence-corrected chi connectivity index (χ4v) is 3.20. The number of amides is 2. The van der Waals surface area contributed by atoms with Crippen LogP contribution in [-0.4, -0.2) is 30.7 Å². The van der Waals surface area contributed by atoms with Gasteiger partial charge in [-0.3, -0.25) is 0 Å². The number of hydrogen-bond acceptors (Lipinski definition) is 6. The fraction of sp³-hybridized carbons (Fsp3) is 0.273. The lowest BCUT2D eigenvalue weighted by Gasteiger charge is -2.32. The summed E-state index contributed by atoms with van der Waals surface area (Å²) >= 11 is 0. The highest BCUT2D eigenvalue weighted by Gasteiger charge is 2.35. The van der Waals surface area contributed by atoms with Crippen molar-refractivity contribution in [3.63, 3.8) is 0 Å². The van der Waals surface area contributed by atoms with Crippen LogP contribution in [0.15, 0.2) is 59.8 Å². The number of benzene rings is 2. The normalized spacial score (nSPS) is 16.2. The number of nitrogens with zero attached hydrogens (tertiary/aromatic N) is 1. The van der Waals surface area contributed by atoms with Gasteiger partial charge in [-0.15, -0.1) is 0 Å². The maximum absolute atomic E-state index is 12.6. The summed E-state index contributed by atoms with van der Waals surface area (Å²) in [7, 11) is 1.53. The largest absolute Gasteiger partial charge is 0.493 e. The SMILES string of the molecule is CCOC(=O)C1=C(C)N(N)C(=O)N[C@H]1c1ccc(OCc2ccccc2)c(OC)c1. The molecule has 0 unspecified atom stereocenters. The summed E-state index contributed by atoms with van der Waals surface area (Å²) in [6, 6.07) is 13.8. The molecule has 3 N–H and O–H groups in total. The van der Waals surface area contributed by atoms with Gasteiger partial charge in [-0.1, -0.05) is 36.4 Å². The average molecular weight is 411 g/mol. The molecule has 0 spiro atoms. The maximum Gasteiger partial charge on any atom is 0.338 e. The van der Waals surface area contributed by atoms with Gasteiger partial charge in [0.15, 0.2) is 11.5 Å². The van der Waals surface area contributed by atoms with Crippen LogP contribution in [0, 0.1) is 0 Å². The van der Waals surface area contributed by atoms with Crippen LogP contribution in [0.5, 0.6) is 11.5 Å². The highest BCUT2D eigenvalue weighted by molar-refractivity contribution is 5.94. The van der Waals surface area contributed by atoms with Crippen molar-refractivity contribution in [3.05, 3.63) is 70.9 Å². The number of nitrogens with two attached hydrogens (primary N) is 1. The van der Waals surface area contributed by atoms with E-state index >= 15 is 0 Å². The minimum atomic E-state index is -0.728. The van der Waals surface area contributed by atoms with Gasteiger partial charge in [0.05, 0.1) is 25.3 Å². The van der Waals surface area contributed by atoms with Gasteiger partial charge in [0, 0.05) is 5.70 Å². The monoisotopic (exact) mass is 411 g/mol. The third-order valence-electron chi connectivity index (χ3n) is 4.78. The van der Waals surface area contributed by atoms with E-state index in [4.69, 9.17) is 20.1 Å². The van der Waals surface area contributed by atoms with Crippen LogP contribution >= 0.6 is 0 Å². The number of allylic oxidation sites excluding steroid dienone is 1. The Morgan fingerprint density at radius 2 is 1.90 bits per heavy atom. The molecule has 2 aromatic rings. The molecule has 0 saturated carbocycles. The predicted octanol–water partition coefficient (Wildman–Crippen LogP) is 3.05. The highest BCUT2D eigenvalue weighted by atomic mass is 16.5. The Labute approximate surface area is 175 Å². The highest BCUT2D eigenvalue weighted by Crippen LogP contribution is 2.36. The first-order chi connectivity index (χ1) is 14.5. The molecule has 1 aliphatic rings. The first kappa shape index (κ1) is 21.2. The molecule has 0 aromatic heterocycles. The Morgan fingerprint density at radius 3 is 2.57 bits per heavy atom. The van der Waals surface area contributed by atoms with Crippen LogP contribution in [-0.2, 0) is 16.1 Å². The summed E-state index contributed by atoms with van der Waals surface area (Å²) in [5.74, 6) is 6.26. The number of ether oxygens (including phenoxy) is 3. The van der Waals surface area contributed by atoms with Gasteiger partial charge < -0.3 is 19.5 Å². The number of hydrazine groups is 1. The van der Waals surface area contributed by atoms with E-state index in [1.54, 1.807) is 32.0 Å². The van der Waals surface area contributed by atoms with Crippen molar-refractivity contribution < 1.29 is 23.8 Å². The van der Waals surface area contributed by atoms with Crippen molar-refractivity contribution >= 4 is 12.0 Å². The van der Waals surface area contributed by atoms with Gasteiger partial charge >= 0.3 is 12.0 Å². The van der Waals surface area contributed by atoms with Crippen molar-refractivity contribution in [1.82, 2.24) is 10.3 Å². The van der Waals surface area contributed by atoms with Gasteiger partial charge in [0.2, 0.25) is 0 Å². The van der Waals surface area contributed by atoms with Crippen LogP contribution in [0.4, 0.5) is 4.79 Å². The number of carbonyl (C=O) groups excluding carboxylic acids is 2. The van der Waals surface area contributed by atoms with E-state index in [9.17, 15) is 9.59 Å². The third-order valence-corrected chi connectivity index (χ3v) is 4.78. The number of methoxy groups -OCH3 is 1. The van der Waals surface area contributed by atoms with E-state index in [2.05, 4.69) is 5.32 Å². The van der Waals surface area contributed by atoms with Crippen LogP contribution in [0.3, 0.4) is 0 Å². The fourth-order valence-electron chi connectivity index (χ4n) is 3.20. The minimum Gasteiger partial charge on any atom is -0.493 e. The Bertz CT molecular complexity index is 959. The molecule has 2 amide bonds. The zero-order valence-corrected chi connectivity index (χ0v) is 17.2. The maximum atomic E-state index is 12.6. The number of hydrogen-bond donors (Lipinski definition) is 2. The van der Waals surface area contributed by atoms with Crippen LogP contribution < -0.4 is 20.6 Å². The van der Waals surface area contributed by atoms with Gasteiger partial charge in [-0.25, -0.2) is 20.4 Å². The molecule has 0 aliphatic carbocycles. The van der Waals surface area contributed by atoms with Crippen LogP contribution in [0.1, 0.15) is 31.0 Å². The number of nitrogens with one attached hydrogen (secondary N) is 1. The quantitative estimate of drug-likeness (QED) is 0.412. The van der Waals surface area contributed by atoms with Gasteiger partial charge in [-0.05, 0) is 37.1 Å². The lowest BCUT2D eigenvalue weighted by molar-refractivity contribution is -0.139. The molecule has 0 radical (unpaired) electrons. The minimum absolute atomic E-state index is 0.205. The Morgan fingerprint density at radius 1 is 1.17 bits per heavy atom. The second-order valence-electron chi connectivity index (χ2n) is 6.66. The average Bonchev–Trinajstić information content (AvgIpc) is 2.76. The van der Waals surface area contributed by atoms with E-state index < -0.39 is 18.0 Å². The lowest BCUT2D eigenvalue weighted by Crippen LogP contribution is -2.51. The molecule has 2 aromatic carbocycles. The molecule has 0 bridgehead atoms. The molecule has 158 valence electrons.